The molecule has 2 aromatic carbocycles. The molecule has 0 saturated carbocycles. The molecule has 22 heteroatoms. The second-order valence-corrected chi connectivity index (χ2v) is 12.5. The van der Waals surface area contributed by atoms with Crippen molar-refractivity contribution in [2.45, 2.75) is 51.1 Å². The number of H-pyrrole nitrogens is 1. The number of ether oxygens (including phenoxy) is 4. The highest BCUT2D eigenvalue weighted by atomic mass is 35.5. The molecule has 0 fully saturated rings. The minimum absolute atomic E-state index is 0. The predicted molar refractivity (Wildman–Crippen MR) is 164 cm³/mol. The molecule has 1 N–H and O–H groups in total. The van der Waals surface area contributed by atoms with E-state index in [0.717, 1.165) is 29.2 Å². The van der Waals surface area contributed by atoms with Crippen LogP contribution in [-0.2, 0) is 15.9 Å². The quantitative estimate of drug-likeness (QED) is 0.160. The number of aryl methyl sites for hydroxylation is 4. The van der Waals surface area contributed by atoms with E-state index in [4.69, 9.17) is 25.9 Å². The Kier molecular flexibility index (Phi) is 8.44. The average molecular weight is 753 g/mol. The number of nitriles is 2. The van der Waals surface area contributed by atoms with Crippen LogP contribution in [0.1, 0.15) is 41.5 Å². The van der Waals surface area contributed by atoms with Gasteiger partial charge in [-0.25, -0.2) is 22.4 Å². The van der Waals surface area contributed by atoms with E-state index in [1.54, 1.807) is 6.07 Å². The van der Waals surface area contributed by atoms with Crippen LogP contribution in [0.25, 0.3) is 22.1 Å². The summed E-state index contributed by atoms with van der Waals surface area (Å²) in [6, 6.07) is 8.20. The highest BCUT2D eigenvalue weighted by Gasteiger charge is 2.45. The summed E-state index contributed by atoms with van der Waals surface area (Å²) in [5.41, 5.74) is 2.64. The summed E-state index contributed by atoms with van der Waals surface area (Å²) in [6.07, 6.45) is -7.51. The second-order valence-electron chi connectivity index (χ2n) is 10.5. The Bertz CT molecular complexity index is 2470. The summed E-state index contributed by atoms with van der Waals surface area (Å²) >= 11 is 5.58. The first-order valence-electron chi connectivity index (χ1n) is 14.0. The fourth-order valence-corrected chi connectivity index (χ4v) is 7.04. The molecule has 0 atom stereocenters. The van der Waals surface area contributed by atoms with Crippen LogP contribution in [0.15, 0.2) is 38.2 Å². The van der Waals surface area contributed by atoms with Crippen LogP contribution in [0.3, 0.4) is 0 Å². The number of hydrogen-bond donors (Lipinski definition) is 1. The van der Waals surface area contributed by atoms with Gasteiger partial charge in [-0.2, -0.15) is 10.5 Å². The highest BCUT2D eigenvalue weighted by Crippen LogP contribution is 2.44. The molecule has 0 spiro atoms. The van der Waals surface area contributed by atoms with Crippen LogP contribution in [0, 0.1) is 50.4 Å². The van der Waals surface area contributed by atoms with E-state index in [1.807, 2.05) is 19.9 Å². The third-order valence-corrected chi connectivity index (χ3v) is 9.34. The summed E-state index contributed by atoms with van der Waals surface area (Å²) in [4.78, 5) is 10.2. The summed E-state index contributed by atoms with van der Waals surface area (Å²) < 4.78 is 106. The maximum absolute atomic E-state index is 13.2. The second kappa shape index (κ2) is 12.4. The van der Waals surface area contributed by atoms with Crippen molar-refractivity contribution in [2.75, 3.05) is 0 Å². The number of alkyl halides is 5. The van der Waals surface area contributed by atoms with Gasteiger partial charge in [0.1, 0.15) is 23.6 Å². The lowest BCUT2D eigenvalue weighted by atomic mass is 10.2. The number of nitrogens with one attached hydrogen (secondary N) is 1. The monoisotopic (exact) mass is 752 g/mol. The molecule has 266 valence electrons. The fraction of sp³-hybridized carbons (Fsp3) is 0.241. The van der Waals surface area contributed by atoms with Crippen LogP contribution in [0.4, 0.5) is 17.6 Å². The molecule has 6 aromatic rings. The van der Waals surface area contributed by atoms with Crippen molar-refractivity contribution >= 4 is 43.7 Å². The SMILES string of the molecule is Cc1noc(C)c1CCl.Cc1noc(C)c1S(=O)(=O)n1c(C#N)nc2cc3c(cc21)OC(F)(F)O3.N#Cc1nc2cc3c(cc2[nH]1)OC(F)(F)O3.[HH]. The Morgan fingerprint density at radius 2 is 1.37 bits per heavy atom. The first kappa shape index (κ1) is 34.8. The molecular weight excluding hydrogens is 732 g/mol. The van der Waals surface area contributed by atoms with Crippen molar-refractivity contribution in [3.63, 3.8) is 0 Å². The molecule has 8 rings (SSSR count). The topological polar surface area (TPSA) is 217 Å². The molecule has 16 nitrogen and oxygen atoms in total. The van der Waals surface area contributed by atoms with Gasteiger partial charge < -0.3 is 33.0 Å². The number of rotatable bonds is 3. The van der Waals surface area contributed by atoms with Crippen LogP contribution < -0.4 is 18.9 Å². The molecule has 6 heterocycles. The van der Waals surface area contributed by atoms with E-state index in [2.05, 4.69) is 44.2 Å². The largest absolute Gasteiger partial charge is 0.586 e. The molecule has 0 saturated heterocycles. The molecule has 2 aliphatic rings. The molecule has 0 bridgehead atoms. The van der Waals surface area contributed by atoms with E-state index in [1.165, 1.54) is 26.0 Å². The van der Waals surface area contributed by atoms with Gasteiger partial charge in [0.15, 0.2) is 33.7 Å². The molecule has 51 heavy (non-hydrogen) atoms. The van der Waals surface area contributed by atoms with E-state index < -0.39 is 28.4 Å². The van der Waals surface area contributed by atoms with Crippen LogP contribution in [0.2, 0.25) is 0 Å². The fourth-order valence-electron chi connectivity index (χ4n) is 4.95. The lowest BCUT2D eigenvalue weighted by Gasteiger charge is -2.07. The minimum Gasteiger partial charge on any atom is -0.395 e. The van der Waals surface area contributed by atoms with Gasteiger partial charge in [-0.3, -0.25) is 0 Å². The molecule has 0 aliphatic carbocycles. The maximum atomic E-state index is 13.2. The zero-order valence-corrected chi connectivity index (χ0v) is 27.8. The van der Waals surface area contributed by atoms with Gasteiger partial charge >= 0.3 is 12.6 Å². The molecular formula is C29H21ClF4N8O8S. The molecule has 4 aromatic heterocycles. The zero-order valence-electron chi connectivity index (χ0n) is 26.2. The van der Waals surface area contributed by atoms with Crippen molar-refractivity contribution in [3.05, 3.63) is 64.4 Å². The van der Waals surface area contributed by atoms with Crippen molar-refractivity contribution in [1.29, 1.82) is 10.5 Å². The van der Waals surface area contributed by atoms with Crippen LogP contribution in [-0.4, -0.2) is 50.2 Å². The normalized spacial score (nSPS) is 14.7. The number of benzene rings is 2. The first-order chi connectivity index (χ1) is 24.0. The number of aromatic amines is 1. The zero-order chi connectivity index (χ0) is 37.0. The lowest BCUT2D eigenvalue weighted by Crippen LogP contribution is -2.26. The summed E-state index contributed by atoms with van der Waals surface area (Å²) in [5, 5.41) is 25.2. The van der Waals surface area contributed by atoms with Gasteiger partial charge in [0.2, 0.25) is 11.6 Å². The van der Waals surface area contributed by atoms with E-state index >= 15 is 0 Å². The van der Waals surface area contributed by atoms with E-state index in [-0.39, 0.29) is 57.6 Å². The first-order valence-corrected chi connectivity index (χ1v) is 16.0. The van der Waals surface area contributed by atoms with Gasteiger partial charge in [0.25, 0.3) is 10.0 Å². The number of imidazole rings is 2. The molecule has 2 aliphatic heterocycles. The third kappa shape index (κ3) is 6.39. The standard InChI is InChI=1S/C14H8F2N4O5S.C9H3F2N3O2.C6H8ClNO.H2/c1-6-13(7(2)25-19-6)26(21,22)20-9-4-11-10(23-14(15,16)24-11)3-8(9)18-12(20)5-17;10-9(11)15-6-1-4-5(2-7(6)16-9)14-8(3-12)13-4;1-4-6(3-7)5(2)9-8-4;/h3-4H,1-2H3;1-2H,(H,13,14);3H2,1-2H3;1H. The van der Waals surface area contributed by atoms with E-state index in [0.29, 0.717) is 20.9 Å². The van der Waals surface area contributed by atoms with Crippen molar-refractivity contribution < 1.29 is 55.4 Å². The summed E-state index contributed by atoms with van der Waals surface area (Å²) in [5.74, 6) is 0.109. The van der Waals surface area contributed by atoms with Crippen LogP contribution in [0.5, 0.6) is 23.0 Å². The Morgan fingerprint density at radius 3 is 1.86 bits per heavy atom. The number of aromatic nitrogens is 6. The minimum atomic E-state index is -4.34. The Morgan fingerprint density at radius 1 is 0.824 bits per heavy atom. The molecule has 0 unspecified atom stereocenters. The number of nitrogens with zero attached hydrogens (tertiary/aromatic N) is 7. The smallest absolute Gasteiger partial charge is 0.395 e. The van der Waals surface area contributed by atoms with Crippen LogP contribution >= 0.6 is 11.6 Å². The van der Waals surface area contributed by atoms with E-state index in [9.17, 15) is 31.2 Å². The van der Waals surface area contributed by atoms with Crippen molar-refractivity contribution in [3.8, 4) is 35.1 Å². The number of hydrogen-bond acceptors (Lipinski definition) is 14. The Labute approximate surface area is 289 Å². The Balaban J connectivity index is 0.000000170. The van der Waals surface area contributed by atoms with Crippen molar-refractivity contribution in [1.82, 2.24) is 29.2 Å². The molecule has 0 radical (unpaired) electrons. The Hall–Kier alpha value is -6.06. The summed E-state index contributed by atoms with van der Waals surface area (Å²) in [7, 11) is -4.34. The maximum Gasteiger partial charge on any atom is 0.586 e. The average Bonchev–Trinajstić information content (AvgIpc) is 3.88. The lowest BCUT2D eigenvalue weighted by molar-refractivity contribution is -0.287. The van der Waals surface area contributed by atoms with Gasteiger partial charge in [-0.15, -0.1) is 29.2 Å². The molecule has 0 amide bonds. The van der Waals surface area contributed by atoms with Gasteiger partial charge in [-0.1, -0.05) is 10.3 Å². The number of fused-ring (bicyclic) bond motifs is 4. The van der Waals surface area contributed by atoms with Crippen molar-refractivity contribution in [2.24, 2.45) is 0 Å². The van der Waals surface area contributed by atoms with Gasteiger partial charge in [0.05, 0.1) is 33.6 Å². The third-order valence-electron chi connectivity index (χ3n) is 7.13. The van der Waals surface area contributed by atoms with Gasteiger partial charge in [-0.05, 0) is 27.7 Å². The predicted octanol–water partition coefficient (Wildman–Crippen LogP) is 6.10. The van der Waals surface area contributed by atoms with Gasteiger partial charge in [0, 0.05) is 31.3 Å². The highest BCUT2D eigenvalue weighted by molar-refractivity contribution is 7.90. The number of halogens is 5. The summed E-state index contributed by atoms with van der Waals surface area (Å²) in [6.45, 7) is 6.56.